The summed E-state index contributed by atoms with van der Waals surface area (Å²) >= 11 is 0. The van der Waals surface area contributed by atoms with Gasteiger partial charge in [0.15, 0.2) is 0 Å². The van der Waals surface area contributed by atoms with Crippen LogP contribution in [0, 0.1) is 0 Å². The molecule has 1 amide bonds. The summed E-state index contributed by atoms with van der Waals surface area (Å²) in [5.74, 6) is -0.139. The number of hydrogen-bond acceptors (Lipinski definition) is 3. The number of fused-ring (bicyclic) bond motifs is 1. The van der Waals surface area contributed by atoms with Gasteiger partial charge in [0, 0.05) is 12.1 Å². The van der Waals surface area contributed by atoms with Crippen LogP contribution in [0.5, 0.6) is 0 Å². The lowest BCUT2D eigenvalue weighted by Gasteiger charge is -2.11. The third-order valence-corrected chi connectivity index (χ3v) is 3.10. The lowest BCUT2D eigenvalue weighted by molar-refractivity contribution is 0.0910. The highest BCUT2D eigenvalue weighted by molar-refractivity contribution is 5.94. The number of nitrogens with one attached hydrogen (secondary N) is 1. The predicted octanol–water partition coefficient (Wildman–Crippen LogP) is 1.61. The van der Waals surface area contributed by atoms with Crippen LogP contribution in [0.25, 0.3) is 0 Å². The van der Waals surface area contributed by atoms with Crippen molar-refractivity contribution in [1.82, 2.24) is 5.32 Å². The fraction of sp³-hybridized carbons (Fsp3) is 0.500. The Morgan fingerprint density at radius 1 is 1.44 bits per heavy atom. The van der Waals surface area contributed by atoms with Crippen molar-refractivity contribution < 1.29 is 14.6 Å². The smallest absolute Gasteiger partial charge is 0.251 e. The molecule has 98 valence electrons. The number of benzene rings is 1. The molecule has 0 bridgehead atoms. The van der Waals surface area contributed by atoms with E-state index in [1.54, 1.807) is 6.07 Å². The number of ether oxygens (including phenoxy) is 1. The fourth-order valence-corrected chi connectivity index (χ4v) is 2.06. The quantitative estimate of drug-likeness (QED) is 0.833. The summed E-state index contributed by atoms with van der Waals surface area (Å²) in [6, 6.07) is 5.60. The van der Waals surface area contributed by atoms with E-state index in [1.165, 1.54) is 0 Å². The number of aliphatic hydroxyl groups is 1. The molecule has 1 aromatic carbocycles. The fourth-order valence-electron chi connectivity index (χ4n) is 2.06. The second kappa shape index (κ2) is 5.98. The highest BCUT2D eigenvalue weighted by Crippen LogP contribution is 2.20. The Hall–Kier alpha value is -1.39. The predicted molar refractivity (Wildman–Crippen MR) is 68.2 cm³/mol. The molecule has 1 aromatic rings. The van der Waals surface area contributed by atoms with Gasteiger partial charge in [0.1, 0.15) is 0 Å². The molecule has 0 saturated heterocycles. The van der Waals surface area contributed by atoms with Gasteiger partial charge < -0.3 is 15.2 Å². The van der Waals surface area contributed by atoms with Crippen LogP contribution in [-0.2, 0) is 18.0 Å². The summed E-state index contributed by atoms with van der Waals surface area (Å²) in [5, 5.41) is 12.3. The van der Waals surface area contributed by atoms with Crippen LogP contribution in [0.15, 0.2) is 18.2 Å². The third kappa shape index (κ3) is 3.09. The number of carbonyl (C=O) groups is 1. The topological polar surface area (TPSA) is 58.6 Å². The number of carbonyl (C=O) groups excluding carboxylic acids is 1. The second-order valence-corrected chi connectivity index (χ2v) is 4.63. The molecule has 0 saturated carbocycles. The first-order valence-electron chi connectivity index (χ1n) is 6.36. The average molecular weight is 249 g/mol. The van der Waals surface area contributed by atoms with Gasteiger partial charge in [-0.05, 0) is 29.7 Å². The normalized spacial score (nSPS) is 15.2. The zero-order valence-electron chi connectivity index (χ0n) is 10.6. The summed E-state index contributed by atoms with van der Waals surface area (Å²) in [5.41, 5.74) is 2.86. The van der Waals surface area contributed by atoms with Gasteiger partial charge in [-0.25, -0.2) is 0 Å². The molecule has 1 unspecified atom stereocenters. The molecule has 1 aliphatic heterocycles. The molecule has 2 rings (SSSR count). The van der Waals surface area contributed by atoms with E-state index >= 15 is 0 Å². The lowest BCUT2D eigenvalue weighted by Crippen LogP contribution is -2.32. The molecule has 18 heavy (non-hydrogen) atoms. The summed E-state index contributed by atoms with van der Waals surface area (Å²) in [7, 11) is 0. The minimum atomic E-state index is -0.461. The second-order valence-electron chi connectivity index (χ2n) is 4.63. The first-order valence-corrected chi connectivity index (χ1v) is 6.36. The molecule has 0 radical (unpaired) electrons. The average Bonchev–Trinajstić information content (AvgIpc) is 2.83. The Morgan fingerprint density at radius 2 is 2.22 bits per heavy atom. The van der Waals surface area contributed by atoms with E-state index in [1.807, 2.05) is 19.1 Å². The van der Waals surface area contributed by atoms with Crippen LogP contribution in [0.4, 0.5) is 0 Å². The van der Waals surface area contributed by atoms with Crippen LogP contribution >= 0.6 is 0 Å². The minimum absolute atomic E-state index is 0.139. The van der Waals surface area contributed by atoms with Crippen LogP contribution < -0.4 is 5.32 Å². The molecule has 0 fully saturated rings. The van der Waals surface area contributed by atoms with Crippen LogP contribution in [0.2, 0.25) is 0 Å². The molecule has 0 aromatic heterocycles. The molecule has 0 aliphatic carbocycles. The number of amides is 1. The van der Waals surface area contributed by atoms with Gasteiger partial charge in [-0.2, -0.15) is 0 Å². The van der Waals surface area contributed by atoms with E-state index in [0.717, 1.165) is 17.5 Å². The maximum Gasteiger partial charge on any atom is 0.251 e. The molecule has 1 aliphatic rings. The van der Waals surface area contributed by atoms with Gasteiger partial charge in [0.05, 0.1) is 19.3 Å². The molecular formula is C14H19NO3. The molecule has 1 atom stereocenters. The maximum atomic E-state index is 11.9. The Morgan fingerprint density at radius 3 is 3.00 bits per heavy atom. The number of rotatable bonds is 5. The maximum absolute atomic E-state index is 11.9. The molecule has 4 nitrogen and oxygen atoms in total. The van der Waals surface area contributed by atoms with Crippen molar-refractivity contribution in [2.45, 2.75) is 39.1 Å². The third-order valence-electron chi connectivity index (χ3n) is 3.10. The van der Waals surface area contributed by atoms with Crippen molar-refractivity contribution in [2.24, 2.45) is 0 Å². The lowest BCUT2D eigenvalue weighted by atomic mass is 10.1. The van der Waals surface area contributed by atoms with E-state index in [0.29, 0.717) is 31.7 Å². The van der Waals surface area contributed by atoms with Crippen LogP contribution in [0.3, 0.4) is 0 Å². The first kappa shape index (κ1) is 13.1. The Labute approximate surface area is 107 Å². The Bertz CT molecular complexity index is 431. The van der Waals surface area contributed by atoms with E-state index in [2.05, 4.69) is 5.32 Å². The molecule has 4 heteroatoms. The van der Waals surface area contributed by atoms with E-state index in [-0.39, 0.29) is 5.91 Å². The standard InChI is InChI=1S/C14H19NO3/c1-2-3-13(16)7-15-14(17)10-4-5-11-8-18-9-12(11)6-10/h4-6,13,16H,2-3,7-9H2,1H3,(H,15,17). The summed E-state index contributed by atoms with van der Waals surface area (Å²) in [4.78, 5) is 11.9. The van der Waals surface area contributed by atoms with Crippen molar-refractivity contribution in [2.75, 3.05) is 6.54 Å². The van der Waals surface area contributed by atoms with Gasteiger partial charge in [-0.3, -0.25) is 4.79 Å². The van der Waals surface area contributed by atoms with Gasteiger partial charge in [-0.1, -0.05) is 19.4 Å². The van der Waals surface area contributed by atoms with Crippen molar-refractivity contribution in [3.63, 3.8) is 0 Å². The SMILES string of the molecule is CCCC(O)CNC(=O)c1ccc2c(c1)COC2. The van der Waals surface area contributed by atoms with E-state index < -0.39 is 6.10 Å². The summed E-state index contributed by atoms with van der Waals surface area (Å²) in [6.07, 6.45) is 1.16. The number of hydrogen-bond donors (Lipinski definition) is 2. The van der Waals surface area contributed by atoms with Crippen molar-refractivity contribution >= 4 is 5.91 Å². The highest BCUT2D eigenvalue weighted by atomic mass is 16.5. The highest BCUT2D eigenvalue weighted by Gasteiger charge is 2.14. The summed E-state index contributed by atoms with van der Waals surface area (Å²) in [6.45, 7) is 3.52. The zero-order valence-corrected chi connectivity index (χ0v) is 10.6. The Balaban J connectivity index is 1.93. The van der Waals surface area contributed by atoms with Gasteiger partial charge in [-0.15, -0.1) is 0 Å². The van der Waals surface area contributed by atoms with Crippen molar-refractivity contribution in [1.29, 1.82) is 0 Å². The van der Waals surface area contributed by atoms with Crippen molar-refractivity contribution in [3.8, 4) is 0 Å². The van der Waals surface area contributed by atoms with Crippen LogP contribution in [0.1, 0.15) is 41.3 Å². The number of aliphatic hydroxyl groups excluding tert-OH is 1. The zero-order chi connectivity index (χ0) is 13.0. The van der Waals surface area contributed by atoms with Gasteiger partial charge in [0.2, 0.25) is 0 Å². The minimum Gasteiger partial charge on any atom is -0.391 e. The van der Waals surface area contributed by atoms with Crippen molar-refractivity contribution in [3.05, 3.63) is 34.9 Å². The van der Waals surface area contributed by atoms with Gasteiger partial charge in [0.25, 0.3) is 5.91 Å². The molecule has 0 spiro atoms. The molecular weight excluding hydrogens is 230 g/mol. The largest absolute Gasteiger partial charge is 0.391 e. The van der Waals surface area contributed by atoms with E-state index in [4.69, 9.17) is 4.74 Å². The van der Waals surface area contributed by atoms with Gasteiger partial charge >= 0.3 is 0 Å². The monoisotopic (exact) mass is 249 g/mol. The first-order chi connectivity index (χ1) is 8.70. The van der Waals surface area contributed by atoms with E-state index in [9.17, 15) is 9.90 Å². The van der Waals surface area contributed by atoms with Crippen LogP contribution in [-0.4, -0.2) is 23.7 Å². The molecule has 1 heterocycles. The summed E-state index contributed by atoms with van der Waals surface area (Å²) < 4.78 is 5.31. The molecule has 2 N–H and O–H groups in total. The Kier molecular flexibility index (Phi) is 4.33.